The standard InChI is InChI=1S/C14H12N2OS/c1-9-12(6-8-17-9)18-13-5-4-11-10(14(13)15)3-2-7-16-11/h2-8H,15H2,1H3. The summed E-state index contributed by atoms with van der Waals surface area (Å²) in [5.41, 5.74) is 7.88. The van der Waals surface area contributed by atoms with Gasteiger partial charge in [0.15, 0.2) is 0 Å². The van der Waals surface area contributed by atoms with E-state index in [1.165, 1.54) is 0 Å². The number of furan rings is 1. The highest BCUT2D eigenvalue weighted by Gasteiger charge is 2.09. The van der Waals surface area contributed by atoms with E-state index >= 15 is 0 Å². The number of hydrogen-bond donors (Lipinski definition) is 1. The highest BCUT2D eigenvalue weighted by molar-refractivity contribution is 7.99. The first kappa shape index (κ1) is 11.2. The topological polar surface area (TPSA) is 52.0 Å². The summed E-state index contributed by atoms with van der Waals surface area (Å²) in [6, 6.07) is 9.83. The van der Waals surface area contributed by atoms with Crippen molar-refractivity contribution in [2.75, 3.05) is 5.73 Å². The number of aromatic nitrogens is 1. The van der Waals surface area contributed by atoms with Crippen LogP contribution in [-0.4, -0.2) is 4.98 Å². The van der Waals surface area contributed by atoms with Crippen molar-refractivity contribution >= 4 is 28.4 Å². The first-order valence-electron chi connectivity index (χ1n) is 5.61. The Kier molecular flexibility index (Phi) is 2.72. The molecule has 2 aromatic heterocycles. The zero-order valence-corrected chi connectivity index (χ0v) is 10.7. The van der Waals surface area contributed by atoms with Crippen molar-refractivity contribution in [1.82, 2.24) is 4.98 Å². The number of rotatable bonds is 2. The Balaban J connectivity index is 2.08. The molecule has 4 heteroatoms. The van der Waals surface area contributed by atoms with Gasteiger partial charge in [-0.2, -0.15) is 0 Å². The summed E-state index contributed by atoms with van der Waals surface area (Å²) in [6.45, 7) is 1.95. The predicted octanol–water partition coefficient (Wildman–Crippen LogP) is 3.87. The number of aryl methyl sites for hydroxylation is 1. The average Bonchev–Trinajstić information content (AvgIpc) is 2.79. The van der Waals surface area contributed by atoms with E-state index in [0.29, 0.717) is 0 Å². The van der Waals surface area contributed by atoms with Gasteiger partial charge >= 0.3 is 0 Å². The Morgan fingerprint density at radius 3 is 2.83 bits per heavy atom. The lowest BCUT2D eigenvalue weighted by molar-refractivity contribution is 0.527. The molecule has 2 heterocycles. The van der Waals surface area contributed by atoms with E-state index in [-0.39, 0.29) is 0 Å². The molecule has 2 N–H and O–H groups in total. The lowest BCUT2D eigenvalue weighted by Crippen LogP contribution is -1.91. The lowest BCUT2D eigenvalue weighted by atomic mass is 10.2. The van der Waals surface area contributed by atoms with Crippen molar-refractivity contribution in [3.8, 4) is 0 Å². The molecule has 0 saturated carbocycles. The third-order valence-electron chi connectivity index (χ3n) is 2.82. The molecular formula is C14H12N2OS. The van der Waals surface area contributed by atoms with Gasteiger partial charge in [0.05, 0.1) is 22.4 Å². The second-order valence-corrected chi connectivity index (χ2v) is 5.07. The van der Waals surface area contributed by atoms with Crippen molar-refractivity contribution in [2.45, 2.75) is 16.7 Å². The van der Waals surface area contributed by atoms with E-state index in [1.54, 1.807) is 24.2 Å². The van der Waals surface area contributed by atoms with Crippen molar-refractivity contribution in [2.24, 2.45) is 0 Å². The molecule has 0 fully saturated rings. The van der Waals surface area contributed by atoms with Crippen LogP contribution in [0.25, 0.3) is 10.9 Å². The van der Waals surface area contributed by atoms with E-state index in [1.807, 2.05) is 37.3 Å². The number of fused-ring (bicyclic) bond motifs is 1. The largest absolute Gasteiger partial charge is 0.468 e. The number of pyridine rings is 1. The number of anilines is 1. The van der Waals surface area contributed by atoms with Crippen LogP contribution in [0.2, 0.25) is 0 Å². The van der Waals surface area contributed by atoms with Gasteiger partial charge in [-0.05, 0) is 37.3 Å². The van der Waals surface area contributed by atoms with Crippen LogP contribution in [0.1, 0.15) is 5.76 Å². The molecular weight excluding hydrogens is 244 g/mol. The summed E-state index contributed by atoms with van der Waals surface area (Å²) in [5, 5.41) is 0.989. The highest BCUT2D eigenvalue weighted by Crippen LogP contribution is 2.37. The number of benzene rings is 1. The molecule has 1 aromatic carbocycles. The fourth-order valence-electron chi connectivity index (χ4n) is 1.84. The number of nitrogens with two attached hydrogens (primary N) is 1. The molecule has 0 spiro atoms. The molecule has 18 heavy (non-hydrogen) atoms. The first-order chi connectivity index (χ1) is 8.75. The van der Waals surface area contributed by atoms with Gasteiger partial charge in [-0.25, -0.2) is 0 Å². The predicted molar refractivity (Wildman–Crippen MR) is 73.7 cm³/mol. The van der Waals surface area contributed by atoms with Crippen LogP contribution in [-0.2, 0) is 0 Å². The molecule has 0 amide bonds. The Morgan fingerprint density at radius 1 is 1.17 bits per heavy atom. The Bertz CT molecular complexity index is 706. The minimum Gasteiger partial charge on any atom is -0.468 e. The molecule has 3 nitrogen and oxygen atoms in total. The van der Waals surface area contributed by atoms with E-state index in [4.69, 9.17) is 10.2 Å². The Labute approximate surface area is 109 Å². The molecule has 0 unspecified atom stereocenters. The Morgan fingerprint density at radius 2 is 2.06 bits per heavy atom. The van der Waals surface area contributed by atoms with Crippen LogP contribution in [0.5, 0.6) is 0 Å². The van der Waals surface area contributed by atoms with Gasteiger partial charge in [0.1, 0.15) is 5.76 Å². The van der Waals surface area contributed by atoms with Crippen LogP contribution in [0.15, 0.2) is 57.0 Å². The third kappa shape index (κ3) is 1.84. The van der Waals surface area contributed by atoms with Gasteiger partial charge in [0.25, 0.3) is 0 Å². The zero-order chi connectivity index (χ0) is 12.5. The van der Waals surface area contributed by atoms with Crippen molar-refractivity contribution in [1.29, 1.82) is 0 Å². The number of nitrogens with zero attached hydrogens (tertiary/aromatic N) is 1. The van der Waals surface area contributed by atoms with Gasteiger partial charge in [-0.3, -0.25) is 4.98 Å². The molecule has 0 aliphatic heterocycles. The summed E-state index contributed by atoms with van der Waals surface area (Å²) in [4.78, 5) is 6.41. The third-order valence-corrected chi connectivity index (χ3v) is 4.04. The van der Waals surface area contributed by atoms with Crippen molar-refractivity contribution in [3.05, 3.63) is 48.6 Å². The molecule has 0 aliphatic carbocycles. The quantitative estimate of drug-likeness (QED) is 0.707. The molecule has 0 atom stereocenters. The van der Waals surface area contributed by atoms with Crippen molar-refractivity contribution in [3.63, 3.8) is 0 Å². The SMILES string of the molecule is Cc1occc1Sc1ccc2ncccc2c1N. The minimum atomic E-state index is 0.770. The molecule has 3 aromatic rings. The smallest absolute Gasteiger partial charge is 0.114 e. The molecule has 90 valence electrons. The summed E-state index contributed by atoms with van der Waals surface area (Å²) < 4.78 is 5.29. The van der Waals surface area contributed by atoms with E-state index in [9.17, 15) is 0 Å². The van der Waals surface area contributed by atoms with Gasteiger partial charge in [-0.1, -0.05) is 11.8 Å². The first-order valence-corrected chi connectivity index (χ1v) is 6.42. The van der Waals surface area contributed by atoms with Gasteiger partial charge < -0.3 is 10.2 Å². The zero-order valence-electron chi connectivity index (χ0n) is 9.88. The second-order valence-electron chi connectivity index (χ2n) is 3.99. The van der Waals surface area contributed by atoms with E-state index < -0.39 is 0 Å². The Hall–Kier alpha value is -1.94. The summed E-state index contributed by atoms with van der Waals surface area (Å²) >= 11 is 1.62. The van der Waals surface area contributed by atoms with Gasteiger partial charge in [-0.15, -0.1) is 0 Å². The maximum absolute atomic E-state index is 6.19. The van der Waals surface area contributed by atoms with E-state index in [0.717, 1.165) is 32.1 Å². The van der Waals surface area contributed by atoms with Crippen LogP contribution < -0.4 is 5.73 Å². The lowest BCUT2D eigenvalue weighted by Gasteiger charge is -2.07. The van der Waals surface area contributed by atoms with E-state index in [2.05, 4.69) is 4.98 Å². The highest BCUT2D eigenvalue weighted by atomic mass is 32.2. The average molecular weight is 256 g/mol. The maximum atomic E-state index is 6.19. The van der Waals surface area contributed by atoms with Crippen LogP contribution >= 0.6 is 11.8 Å². The minimum absolute atomic E-state index is 0.770. The molecule has 3 rings (SSSR count). The molecule has 0 saturated heterocycles. The van der Waals surface area contributed by atoms with Crippen molar-refractivity contribution < 1.29 is 4.42 Å². The summed E-state index contributed by atoms with van der Waals surface area (Å²) in [5.74, 6) is 0.908. The van der Waals surface area contributed by atoms with Gasteiger partial charge in [0, 0.05) is 16.5 Å². The van der Waals surface area contributed by atoms with Crippen LogP contribution in [0.3, 0.4) is 0 Å². The summed E-state index contributed by atoms with van der Waals surface area (Å²) in [6.07, 6.45) is 3.46. The monoisotopic (exact) mass is 256 g/mol. The number of nitrogen functional groups attached to an aromatic ring is 1. The normalized spacial score (nSPS) is 10.9. The molecule has 0 bridgehead atoms. The number of hydrogen-bond acceptors (Lipinski definition) is 4. The fourth-order valence-corrected chi connectivity index (χ4v) is 2.75. The molecule has 0 aliphatic rings. The second kappa shape index (κ2) is 4.38. The fraction of sp³-hybridized carbons (Fsp3) is 0.0714. The molecule has 0 radical (unpaired) electrons. The summed E-state index contributed by atoms with van der Waals surface area (Å²) in [7, 11) is 0. The van der Waals surface area contributed by atoms with Gasteiger partial charge in [0.2, 0.25) is 0 Å². The van der Waals surface area contributed by atoms with Crippen LogP contribution in [0.4, 0.5) is 5.69 Å². The van der Waals surface area contributed by atoms with Crippen LogP contribution in [0, 0.1) is 6.92 Å². The maximum Gasteiger partial charge on any atom is 0.114 e.